The third-order valence-corrected chi connectivity index (χ3v) is 3.76. The van der Waals surface area contributed by atoms with Crippen LogP contribution in [0.15, 0.2) is 24.3 Å². The normalized spacial score (nSPS) is 12.5. The Morgan fingerprint density at radius 3 is 2.36 bits per heavy atom. The molecule has 0 heterocycles. The van der Waals surface area contributed by atoms with Gasteiger partial charge in [-0.3, -0.25) is 0 Å². The van der Waals surface area contributed by atoms with Gasteiger partial charge in [0.05, 0.1) is 12.0 Å². The van der Waals surface area contributed by atoms with Crippen LogP contribution in [0.4, 0.5) is 4.79 Å². The number of hydrogen-bond donors (Lipinski definition) is 1. The molecule has 1 rings (SSSR count). The lowest BCUT2D eigenvalue weighted by Crippen LogP contribution is -2.50. The first-order chi connectivity index (χ1) is 10.2. The van der Waals surface area contributed by atoms with Crippen molar-refractivity contribution in [2.45, 2.75) is 45.1 Å². The SMILES string of the molecule is Cc1ccc(CSC[C@@H](NC(=O)OC(C)(C)C)C(=O)[O-])cc1. The van der Waals surface area contributed by atoms with Crippen molar-refractivity contribution >= 4 is 23.8 Å². The van der Waals surface area contributed by atoms with Gasteiger partial charge in [0.2, 0.25) is 0 Å². The third kappa shape index (κ3) is 7.36. The summed E-state index contributed by atoms with van der Waals surface area (Å²) >= 11 is 1.42. The van der Waals surface area contributed by atoms with E-state index in [9.17, 15) is 14.7 Å². The number of carbonyl (C=O) groups is 2. The van der Waals surface area contributed by atoms with Crippen molar-refractivity contribution in [1.29, 1.82) is 0 Å². The maximum absolute atomic E-state index is 11.6. The van der Waals surface area contributed by atoms with Gasteiger partial charge < -0.3 is 20.0 Å². The van der Waals surface area contributed by atoms with Gasteiger partial charge >= 0.3 is 6.09 Å². The number of aliphatic carboxylic acids is 1. The van der Waals surface area contributed by atoms with E-state index in [0.717, 1.165) is 5.56 Å². The van der Waals surface area contributed by atoms with E-state index >= 15 is 0 Å². The minimum atomic E-state index is -1.32. The first kappa shape index (κ1) is 18.4. The molecule has 0 bridgehead atoms. The van der Waals surface area contributed by atoms with Crippen molar-refractivity contribution in [3.8, 4) is 0 Å². The summed E-state index contributed by atoms with van der Waals surface area (Å²) in [5, 5.41) is 13.4. The maximum Gasteiger partial charge on any atom is 0.408 e. The Labute approximate surface area is 135 Å². The number of benzene rings is 1. The average Bonchev–Trinajstić information content (AvgIpc) is 2.37. The van der Waals surface area contributed by atoms with Gasteiger partial charge in [-0.1, -0.05) is 29.8 Å². The summed E-state index contributed by atoms with van der Waals surface area (Å²) < 4.78 is 5.05. The van der Waals surface area contributed by atoms with Crippen molar-refractivity contribution in [2.75, 3.05) is 5.75 Å². The van der Waals surface area contributed by atoms with Crippen LogP contribution in [0.3, 0.4) is 0 Å². The van der Waals surface area contributed by atoms with E-state index < -0.39 is 23.7 Å². The summed E-state index contributed by atoms with van der Waals surface area (Å²) in [5.74, 6) is -0.433. The average molecular weight is 324 g/mol. The minimum absolute atomic E-state index is 0.218. The van der Waals surface area contributed by atoms with Gasteiger partial charge in [-0.05, 0) is 33.3 Å². The molecule has 6 heteroatoms. The number of thioether (sulfide) groups is 1. The van der Waals surface area contributed by atoms with Gasteiger partial charge in [-0.2, -0.15) is 11.8 Å². The third-order valence-electron chi connectivity index (χ3n) is 2.65. The van der Waals surface area contributed by atoms with E-state index in [0.29, 0.717) is 5.75 Å². The van der Waals surface area contributed by atoms with Crippen LogP contribution in [0.5, 0.6) is 0 Å². The summed E-state index contributed by atoms with van der Waals surface area (Å²) in [6, 6.07) is 6.93. The monoisotopic (exact) mass is 324 g/mol. The Kier molecular flexibility index (Phi) is 6.74. The predicted molar refractivity (Wildman–Crippen MR) is 85.5 cm³/mol. The van der Waals surface area contributed by atoms with Crippen molar-refractivity contribution < 1.29 is 19.4 Å². The Morgan fingerprint density at radius 1 is 1.27 bits per heavy atom. The lowest BCUT2D eigenvalue weighted by atomic mass is 10.2. The molecule has 1 aromatic carbocycles. The van der Waals surface area contributed by atoms with E-state index in [2.05, 4.69) is 5.32 Å². The molecule has 5 nitrogen and oxygen atoms in total. The van der Waals surface area contributed by atoms with Crippen LogP contribution in [0.25, 0.3) is 0 Å². The fourth-order valence-electron chi connectivity index (χ4n) is 1.60. The van der Waals surface area contributed by atoms with E-state index in [4.69, 9.17) is 4.74 Å². The zero-order valence-electron chi connectivity index (χ0n) is 13.3. The predicted octanol–water partition coefficient (Wildman–Crippen LogP) is 1.87. The number of rotatable bonds is 6. The molecule has 1 amide bonds. The van der Waals surface area contributed by atoms with E-state index in [-0.39, 0.29) is 5.75 Å². The largest absolute Gasteiger partial charge is 0.548 e. The molecule has 0 aliphatic carbocycles. The number of hydrogen-bond acceptors (Lipinski definition) is 5. The van der Waals surface area contributed by atoms with Gasteiger partial charge in [0.25, 0.3) is 0 Å². The summed E-state index contributed by atoms with van der Waals surface area (Å²) in [5.41, 5.74) is 1.60. The van der Waals surface area contributed by atoms with Crippen LogP contribution in [0.2, 0.25) is 0 Å². The molecule has 0 aliphatic rings. The summed E-state index contributed by atoms with van der Waals surface area (Å²) in [6.45, 7) is 7.15. The molecule has 0 spiro atoms. The molecule has 1 N–H and O–H groups in total. The first-order valence-electron chi connectivity index (χ1n) is 7.01. The van der Waals surface area contributed by atoms with Crippen molar-refractivity contribution in [3.63, 3.8) is 0 Å². The van der Waals surface area contributed by atoms with Crippen LogP contribution in [-0.4, -0.2) is 29.5 Å². The van der Waals surface area contributed by atoms with E-state index in [1.54, 1.807) is 20.8 Å². The topological polar surface area (TPSA) is 78.5 Å². The highest BCUT2D eigenvalue weighted by Crippen LogP contribution is 2.14. The number of carbonyl (C=O) groups excluding carboxylic acids is 2. The molecule has 0 unspecified atom stereocenters. The van der Waals surface area contributed by atoms with Crippen LogP contribution in [-0.2, 0) is 15.3 Å². The van der Waals surface area contributed by atoms with Gasteiger partial charge in [-0.25, -0.2) is 4.79 Å². The number of amides is 1. The van der Waals surface area contributed by atoms with Crippen molar-refractivity contribution in [1.82, 2.24) is 5.32 Å². The Bertz CT molecular complexity index is 508. The van der Waals surface area contributed by atoms with Crippen molar-refractivity contribution in [2.24, 2.45) is 0 Å². The molecule has 22 heavy (non-hydrogen) atoms. The second-order valence-corrected chi connectivity index (χ2v) is 7.05. The molecule has 0 radical (unpaired) electrons. The Morgan fingerprint density at radius 2 is 1.86 bits per heavy atom. The van der Waals surface area contributed by atoms with Crippen LogP contribution in [0.1, 0.15) is 31.9 Å². The zero-order valence-corrected chi connectivity index (χ0v) is 14.2. The molecular formula is C16H22NO4S-. The van der Waals surface area contributed by atoms with Gasteiger partial charge in [-0.15, -0.1) is 0 Å². The molecule has 1 aromatic rings. The number of nitrogens with one attached hydrogen (secondary N) is 1. The molecule has 0 saturated heterocycles. The Hall–Kier alpha value is -1.69. The minimum Gasteiger partial charge on any atom is -0.548 e. The van der Waals surface area contributed by atoms with Gasteiger partial charge in [0.15, 0.2) is 0 Å². The smallest absolute Gasteiger partial charge is 0.408 e. The zero-order chi connectivity index (χ0) is 16.8. The first-order valence-corrected chi connectivity index (χ1v) is 8.16. The van der Waals surface area contributed by atoms with E-state index in [1.807, 2.05) is 31.2 Å². The fourth-order valence-corrected chi connectivity index (χ4v) is 2.60. The molecule has 0 fully saturated rings. The summed E-state index contributed by atoms with van der Waals surface area (Å²) in [6.07, 6.45) is -0.752. The standard InChI is InChI=1S/C16H23NO4S/c1-11-5-7-12(8-6-11)9-22-10-13(14(18)19)17-15(20)21-16(2,3)4/h5-8,13H,9-10H2,1-4H3,(H,17,20)(H,18,19)/p-1/t13-/m1/s1. The fraction of sp³-hybridized carbons (Fsp3) is 0.500. The van der Waals surface area contributed by atoms with Crippen LogP contribution >= 0.6 is 11.8 Å². The highest BCUT2D eigenvalue weighted by atomic mass is 32.2. The lowest BCUT2D eigenvalue weighted by Gasteiger charge is -2.24. The Balaban J connectivity index is 2.46. The van der Waals surface area contributed by atoms with Crippen LogP contribution < -0.4 is 10.4 Å². The molecule has 1 atom stereocenters. The number of aryl methyl sites for hydroxylation is 1. The molecule has 0 aromatic heterocycles. The molecule has 122 valence electrons. The van der Waals surface area contributed by atoms with Gasteiger partial charge in [0.1, 0.15) is 5.60 Å². The lowest BCUT2D eigenvalue weighted by molar-refractivity contribution is -0.307. The maximum atomic E-state index is 11.6. The second kappa shape index (κ2) is 8.08. The second-order valence-electron chi connectivity index (χ2n) is 6.02. The van der Waals surface area contributed by atoms with Crippen LogP contribution in [0, 0.1) is 6.92 Å². The summed E-state index contributed by atoms with van der Waals surface area (Å²) in [4.78, 5) is 22.7. The highest BCUT2D eigenvalue weighted by molar-refractivity contribution is 7.98. The van der Waals surface area contributed by atoms with Crippen molar-refractivity contribution in [3.05, 3.63) is 35.4 Å². The van der Waals surface area contributed by atoms with Gasteiger partial charge in [0, 0.05) is 11.5 Å². The number of ether oxygens (including phenoxy) is 1. The van der Waals surface area contributed by atoms with E-state index in [1.165, 1.54) is 17.3 Å². The highest BCUT2D eigenvalue weighted by Gasteiger charge is 2.20. The molecule has 0 saturated carbocycles. The molecule has 0 aliphatic heterocycles. The number of carboxylic acids is 1. The number of carboxylic acid groups (broad SMARTS) is 1. The molecular weight excluding hydrogens is 302 g/mol. The number of alkyl carbamates (subject to hydrolysis) is 1. The summed E-state index contributed by atoms with van der Waals surface area (Å²) in [7, 11) is 0. The quantitative estimate of drug-likeness (QED) is 0.864.